The Labute approximate surface area is 402 Å². The molecule has 10 aliphatic carbocycles. The first-order chi connectivity index (χ1) is 29.8. The SMILES string of the molecule is C.C.CC=C1C[C@H]2CCC[C@@H]2C1.CCC1(C[N+](=O)[O-])C[C@H]2CCCC[C@@H]2C1.Cl.NCC1(CC(=O)O)C[C@H]2CCCC[C@@H]2C1.O=C1CC2(CN1)C[C@H]1CCC[C@@H]1C2.O=C1C[C@H]2CCC[C@@H]2C1. The van der Waals surface area contributed by atoms with Gasteiger partial charge in [-0.15, -0.1) is 12.4 Å². The van der Waals surface area contributed by atoms with Crippen LogP contribution >= 0.6 is 12.4 Å². The lowest BCUT2D eigenvalue weighted by Gasteiger charge is -2.25. The molecule has 1 saturated heterocycles. The number of nitro groups is 1. The van der Waals surface area contributed by atoms with Gasteiger partial charge in [0.05, 0.1) is 6.42 Å². The van der Waals surface area contributed by atoms with Crippen molar-refractivity contribution in [1.29, 1.82) is 0 Å². The van der Waals surface area contributed by atoms with E-state index in [2.05, 4.69) is 25.2 Å². The van der Waals surface area contributed by atoms with Crippen LogP contribution < -0.4 is 11.1 Å². The summed E-state index contributed by atoms with van der Waals surface area (Å²) in [5, 5.41) is 22.7. The van der Waals surface area contributed by atoms with Gasteiger partial charge < -0.3 is 16.2 Å². The van der Waals surface area contributed by atoms with E-state index in [9.17, 15) is 24.5 Å². The minimum absolute atomic E-state index is 0. The third kappa shape index (κ3) is 14.3. The van der Waals surface area contributed by atoms with Crippen LogP contribution in [0.25, 0.3) is 0 Å². The molecule has 11 rings (SSSR count). The number of carboxylic acid groups (broad SMARTS) is 1. The Morgan fingerprint density at radius 1 is 0.677 bits per heavy atom. The van der Waals surface area contributed by atoms with Crippen LogP contribution in [0.1, 0.15) is 221 Å². The summed E-state index contributed by atoms with van der Waals surface area (Å²) in [4.78, 5) is 43.6. The molecule has 0 bridgehead atoms. The molecule has 11 aliphatic rings. The number of nitrogens with one attached hydrogen (secondary N) is 1. The molecule has 0 aromatic carbocycles. The molecule has 374 valence electrons. The van der Waals surface area contributed by atoms with E-state index in [0.717, 1.165) is 117 Å². The average Bonchev–Trinajstić information content (AvgIpc) is 4.08. The zero-order valence-electron chi connectivity index (χ0n) is 39.6. The van der Waals surface area contributed by atoms with Gasteiger partial charge in [-0.1, -0.05) is 117 Å². The van der Waals surface area contributed by atoms with Gasteiger partial charge in [0.15, 0.2) is 0 Å². The van der Waals surface area contributed by atoms with Crippen molar-refractivity contribution in [2.45, 2.75) is 221 Å². The lowest BCUT2D eigenvalue weighted by atomic mass is 9.81. The molecule has 4 N–H and O–H groups in total. The fraction of sp³-hybridized carbons (Fsp3) is 0.909. The first-order valence-electron chi connectivity index (χ1n) is 26.3. The van der Waals surface area contributed by atoms with Crippen LogP contribution in [0.4, 0.5) is 0 Å². The highest BCUT2D eigenvalue weighted by molar-refractivity contribution is 5.85. The number of nitrogens with zero attached hydrogens (tertiary/aromatic N) is 1. The number of carboxylic acids is 1. The summed E-state index contributed by atoms with van der Waals surface area (Å²) in [6.07, 6.45) is 39.6. The number of nitrogens with two attached hydrogens (primary N) is 1. The van der Waals surface area contributed by atoms with Crippen molar-refractivity contribution in [3.63, 3.8) is 0 Å². The number of fused-ring (bicyclic) bond motifs is 5. The number of Topliss-reactive ketones (excluding diaryl/α,β-unsaturated/α-hetero) is 1. The molecule has 65 heavy (non-hydrogen) atoms. The number of ketones is 1. The van der Waals surface area contributed by atoms with Gasteiger partial charge in [0.25, 0.3) is 0 Å². The van der Waals surface area contributed by atoms with E-state index in [-0.39, 0.29) is 56.0 Å². The Bertz CT molecular complexity index is 1460. The zero-order chi connectivity index (χ0) is 43.9. The van der Waals surface area contributed by atoms with E-state index in [1.807, 2.05) is 0 Å². The molecule has 10 heteroatoms. The molecule has 11 fully saturated rings. The van der Waals surface area contributed by atoms with Crippen molar-refractivity contribution < 1.29 is 24.4 Å². The van der Waals surface area contributed by atoms with Gasteiger partial charge in [0.2, 0.25) is 12.5 Å². The number of aliphatic carboxylic acids is 1. The third-order valence-corrected chi connectivity index (χ3v) is 19.6. The summed E-state index contributed by atoms with van der Waals surface area (Å²) in [7, 11) is 0. The molecule has 1 aliphatic heterocycles. The van der Waals surface area contributed by atoms with Gasteiger partial charge >= 0.3 is 5.97 Å². The number of allylic oxidation sites excluding steroid dienone is 2. The quantitative estimate of drug-likeness (QED) is 0.136. The van der Waals surface area contributed by atoms with Gasteiger partial charge in [-0.3, -0.25) is 24.5 Å². The first-order valence-corrected chi connectivity index (χ1v) is 26.3. The Balaban J connectivity index is 0.000000178. The molecule has 0 unspecified atom stereocenters. The average molecular weight is 931 g/mol. The maximum absolute atomic E-state index is 11.2. The van der Waals surface area contributed by atoms with Crippen LogP contribution in [-0.2, 0) is 14.4 Å². The van der Waals surface area contributed by atoms with E-state index < -0.39 is 5.97 Å². The first kappa shape index (κ1) is 55.6. The van der Waals surface area contributed by atoms with Crippen LogP contribution in [0.5, 0.6) is 0 Å². The third-order valence-electron chi connectivity index (χ3n) is 19.6. The largest absolute Gasteiger partial charge is 0.481 e. The lowest BCUT2D eigenvalue weighted by molar-refractivity contribution is -0.497. The molecule has 0 aromatic rings. The molecule has 0 radical (unpaired) electrons. The standard InChI is InChI=1S/2C12H21NO2.C11H17NO.C10H16.C8H12O.2CH4.ClH/c1-2-12(9-13(14)15)7-10-5-3-4-6-11(10)8-12;13-8-12(7-11(14)15)5-9-3-1-2-4-10(9)6-12;13-10-6-11(7-12-10)4-8-2-1-3-9(8)5-11;1-2-8-6-9-4-3-5-10(9)7-8;9-8-4-6-2-1-3-7(6)5-8;;;/h10-11H,2-9H2,1H3;9-10H,1-8,13H2,(H,14,15);8-9H,1-7H2,(H,12,13);2,9-10H,3-7H2,1H3;6-7H,1-5H2;2*1H4;1H/t10-,11-;9-,10-;8-,9-;9-,10-;6-,7-;;;/m11111.../s1. The number of hydrogen-bond donors (Lipinski definition) is 3. The highest BCUT2D eigenvalue weighted by Crippen LogP contribution is 2.56. The topological polar surface area (TPSA) is 153 Å². The van der Waals surface area contributed by atoms with Crippen molar-refractivity contribution in [3.05, 3.63) is 21.8 Å². The summed E-state index contributed by atoms with van der Waals surface area (Å²) < 4.78 is 0. The van der Waals surface area contributed by atoms with Gasteiger partial charge in [-0.25, -0.2) is 0 Å². The number of hydrogen-bond acceptors (Lipinski definition) is 6. The smallest absolute Gasteiger partial charge is 0.303 e. The van der Waals surface area contributed by atoms with E-state index in [4.69, 9.17) is 10.8 Å². The second kappa shape index (κ2) is 25.0. The van der Waals surface area contributed by atoms with E-state index >= 15 is 0 Å². The van der Waals surface area contributed by atoms with Crippen molar-refractivity contribution in [2.75, 3.05) is 19.6 Å². The highest BCUT2D eigenvalue weighted by atomic mass is 35.5. The zero-order valence-corrected chi connectivity index (χ0v) is 40.4. The maximum Gasteiger partial charge on any atom is 0.303 e. The van der Waals surface area contributed by atoms with Gasteiger partial charge in [-0.2, -0.15) is 0 Å². The molecule has 1 heterocycles. The number of carbonyl (C=O) groups excluding carboxylic acids is 2. The Morgan fingerprint density at radius 2 is 1.06 bits per heavy atom. The van der Waals surface area contributed by atoms with Crippen molar-refractivity contribution in [1.82, 2.24) is 5.32 Å². The van der Waals surface area contributed by atoms with E-state index in [1.54, 1.807) is 5.57 Å². The molecule has 1 amide bonds. The second-order valence-electron chi connectivity index (χ2n) is 23.6. The molecule has 10 atom stereocenters. The predicted molar refractivity (Wildman–Crippen MR) is 267 cm³/mol. The minimum atomic E-state index is -0.681. The summed E-state index contributed by atoms with van der Waals surface area (Å²) >= 11 is 0. The predicted octanol–water partition coefficient (Wildman–Crippen LogP) is 13.6. The summed E-state index contributed by atoms with van der Waals surface area (Å²) in [6.45, 7) is 6.04. The second-order valence-corrected chi connectivity index (χ2v) is 23.6. The number of halogens is 1. The normalized spacial score (nSPS) is 35.4. The molecule has 10 saturated carbocycles. The van der Waals surface area contributed by atoms with E-state index in [0.29, 0.717) is 23.7 Å². The molecule has 1 spiro atoms. The summed E-state index contributed by atoms with van der Waals surface area (Å²) in [6, 6.07) is 0. The van der Waals surface area contributed by atoms with E-state index in [1.165, 1.54) is 135 Å². The number of rotatable bonds is 6. The molecule has 9 nitrogen and oxygen atoms in total. The fourth-order valence-electron chi connectivity index (χ4n) is 16.4. The molecular weight excluding hydrogens is 834 g/mol. The fourth-order valence-corrected chi connectivity index (χ4v) is 16.4. The van der Waals surface area contributed by atoms with Crippen LogP contribution in [0.3, 0.4) is 0 Å². The van der Waals surface area contributed by atoms with Gasteiger partial charge in [0.1, 0.15) is 5.78 Å². The van der Waals surface area contributed by atoms with Gasteiger partial charge in [0, 0.05) is 36.1 Å². The minimum Gasteiger partial charge on any atom is -0.481 e. The Morgan fingerprint density at radius 3 is 1.42 bits per heavy atom. The van der Waals surface area contributed by atoms with Crippen molar-refractivity contribution >= 4 is 30.1 Å². The Hall–Kier alpha value is -2.00. The summed E-state index contributed by atoms with van der Waals surface area (Å²) in [5.74, 6) is 8.98. The van der Waals surface area contributed by atoms with Gasteiger partial charge in [-0.05, 0) is 167 Å². The maximum atomic E-state index is 11.2. The van der Waals surface area contributed by atoms with Crippen molar-refractivity contribution in [3.8, 4) is 0 Å². The Kier molecular flexibility index (Phi) is 21.4. The lowest BCUT2D eigenvalue weighted by Crippen LogP contribution is -2.30. The van der Waals surface area contributed by atoms with Crippen LogP contribution in [0.15, 0.2) is 11.6 Å². The number of carbonyl (C=O) groups is 3. The summed E-state index contributed by atoms with van der Waals surface area (Å²) in [5.41, 5.74) is 7.90. The van der Waals surface area contributed by atoms with Crippen LogP contribution in [-0.4, -0.2) is 47.3 Å². The van der Waals surface area contributed by atoms with Crippen LogP contribution in [0.2, 0.25) is 0 Å². The monoisotopic (exact) mass is 930 g/mol. The highest BCUT2D eigenvalue weighted by Gasteiger charge is 2.51. The molecular formula is C55H96ClN3O6. The van der Waals surface area contributed by atoms with Crippen molar-refractivity contribution in [2.24, 2.45) is 81.2 Å². The number of amides is 1. The van der Waals surface area contributed by atoms with Crippen LogP contribution in [0, 0.1) is 85.5 Å². The molecule has 0 aromatic heterocycles.